The molecule has 0 fully saturated rings. The fourth-order valence-corrected chi connectivity index (χ4v) is 1.54. The highest BCUT2D eigenvalue weighted by Crippen LogP contribution is 2.20. The molecule has 0 atom stereocenters. The van der Waals surface area contributed by atoms with Gasteiger partial charge in [-0.15, -0.1) is 0 Å². The van der Waals surface area contributed by atoms with Crippen molar-refractivity contribution in [3.63, 3.8) is 0 Å². The van der Waals surface area contributed by atoms with Gasteiger partial charge in [0.15, 0.2) is 0 Å². The minimum absolute atomic E-state index is 1.32. The fraction of sp³-hybridized carbons (Fsp3) is 0.375. The van der Waals surface area contributed by atoms with Crippen molar-refractivity contribution in [1.29, 1.82) is 0 Å². The molecule has 0 bridgehead atoms. The number of rotatable bonds is 1. The maximum absolute atomic E-state index is 2.18. The first-order chi connectivity index (χ1) is 7.70. The van der Waals surface area contributed by atoms with Crippen LogP contribution in [0.25, 0.3) is 10.8 Å². The van der Waals surface area contributed by atoms with Crippen LogP contribution in [0.1, 0.15) is 37.8 Å². The van der Waals surface area contributed by atoms with Gasteiger partial charge in [0.2, 0.25) is 0 Å². The lowest BCUT2D eigenvalue weighted by molar-refractivity contribution is 0.886. The number of aryl methyl sites for hydroxylation is 2. The molecule has 0 spiro atoms. The summed E-state index contributed by atoms with van der Waals surface area (Å²) in [5.41, 5.74) is 2.77. The maximum Gasteiger partial charge on any atom is -0.0152 e. The Morgan fingerprint density at radius 3 is 2.06 bits per heavy atom. The lowest BCUT2D eigenvalue weighted by atomic mass is 10.0. The van der Waals surface area contributed by atoms with Gasteiger partial charge in [-0.3, -0.25) is 0 Å². The van der Waals surface area contributed by atoms with Crippen LogP contribution in [0.3, 0.4) is 0 Å². The number of hydrogen-bond acceptors (Lipinski definition) is 0. The zero-order valence-electron chi connectivity index (χ0n) is 10.9. The second-order valence-corrected chi connectivity index (χ2v) is 4.23. The van der Waals surface area contributed by atoms with Crippen molar-refractivity contribution in [2.45, 2.75) is 40.5 Å². The molecule has 0 unspecified atom stereocenters. The zero-order chi connectivity index (χ0) is 12.0. The van der Waals surface area contributed by atoms with E-state index in [4.69, 9.17) is 0 Å². The monoisotopic (exact) mass is 214 g/mol. The molecule has 0 radical (unpaired) electrons. The molecule has 0 aliphatic carbocycles. The third kappa shape index (κ3) is 3.10. The van der Waals surface area contributed by atoms with Crippen molar-refractivity contribution < 1.29 is 0 Å². The molecule has 0 saturated heterocycles. The molecule has 2 aromatic rings. The molecular formula is C16H22. The molecule has 0 aliphatic heterocycles. The summed E-state index contributed by atoms with van der Waals surface area (Å²) < 4.78 is 0. The normalized spacial score (nSPS) is 9.75. The SMILES string of the molecule is CCCC.Cc1ccc2ccccc2c1C. The summed E-state index contributed by atoms with van der Waals surface area (Å²) in [7, 11) is 0. The molecule has 0 aromatic heterocycles. The quantitative estimate of drug-likeness (QED) is 0.607. The van der Waals surface area contributed by atoms with Crippen molar-refractivity contribution in [2.24, 2.45) is 0 Å². The fourth-order valence-electron chi connectivity index (χ4n) is 1.54. The van der Waals surface area contributed by atoms with Gasteiger partial charge in [0, 0.05) is 0 Å². The molecule has 0 heterocycles. The van der Waals surface area contributed by atoms with E-state index in [0.717, 1.165) is 0 Å². The van der Waals surface area contributed by atoms with E-state index < -0.39 is 0 Å². The summed E-state index contributed by atoms with van der Waals surface area (Å²) in [5.74, 6) is 0. The molecule has 2 rings (SSSR count). The van der Waals surface area contributed by atoms with Gasteiger partial charge < -0.3 is 0 Å². The van der Waals surface area contributed by atoms with Crippen molar-refractivity contribution in [3.05, 3.63) is 47.5 Å². The van der Waals surface area contributed by atoms with E-state index in [9.17, 15) is 0 Å². The minimum atomic E-state index is 1.32. The van der Waals surface area contributed by atoms with Gasteiger partial charge >= 0.3 is 0 Å². The van der Waals surface area contributed by atoms with Crippen LogP contribution in [0.15, 0.2) is 36.4 Å². The third-order valence-electron chi connectivity index (χ3n) is 2.97. The van der Waals surface area contributed by atoms with Crippen LogP contribution in [-0.4, -0.2) is 0 Å². The van der Waals surface area contributed by atoms with Crippen molar-refractivity contribution >= 4 is 10.8 Å². The Kier molecular flexibility index (Phi) is 5.04. The average molecular weight is 214 g/mol. The molecule has 2 aromatic carbocycles. The molecule has 0 amide bonds. The topological polar surface area (TPSA) is 0 Å². The Labute approximate surface area is 99.3 Å². The van der Waals surface area contributed by atoms with Crippen LogP contribution >= 0.6 is 0 Å². The van der Waals surface area contributed by atoms with Crippen molar-refractivity contribution in [3.8, 4) is 0 Å². The number of fused-ring (bicyclic) bond motifs is 1. The van der Waals surface area contributed by atoms with Crippen LogP contribution in [0.5, 0.6) is 0 Å². The maximum atomic E-state index is 2.18. The second kappa shape index (κ2) is 6.32. The van der Waals surface area contributed by atoms with Gasteiger partial charge in [-0.2, -0.15) is 0 Å². The molecular weight excluding hydrogens is 192 g/mol. The number of unbranched alkanes of at least 4 members (excludes halogenated alkanes) is 1. The molecule has 0 nitrogen and oxygen atoms in total. The first kappa shape index (κ1) is 12.8. The van der Waals surface area contributed by atoms with E-state index in [1.165, 1.54) is 34.7 Å². The van der Waals surface area contributed by atoms with Crippen LogP contribution < -0.4 is 0 Å². The molecule has 16 heavy (non-hydrogen) atoms. The van der Waals surface area contributed by atoms with Crippen LogP contribution in [-0.2, 0) is 0 Å². The second-order valence-electron chi connectivity index (χ2n) is 4.23. The summed E-state index contributed by atoms with van der Waals surface area (Å²) in [5, 5.41) is 2.71. The van der Waals surface area contributed by atoms with E-state index >= 15 is 0 Å². The average Bonchev–Trinajstić information content (AvgIpc) is 2.35. The van der Waals surface area contributed by atoms with Crippen LogP contribution in [0, 0.1) is 13.8 Å². The van der Waals surface area contributed by atoms with Crippen molar-refractivity contribution in [2.75, 3.05) is 0 Å². The summed E-state index contributed by atoms with van der Waals surface area (Å²) in [6.07, 6.45) is 2.64. The smallest absolute Gasteiger partial charge is 0.0152 e. The first-order valence-electron chi connectivity index (χ1n) is 6.15. The number of hydrogen-bond donors (Lipinski definition) is 0. The molecule has 0 aliphatic rings. The Morgan fingerprint density at radius 2 is 1.44 bits per heavy atom. The first-order valence-corrected chi connectivity index (χ1v) is 6.15. The standard InChI is InChI=1S/C12H12.C4H10/c1-9-7-8-11-5-3-4-6-12(11)10(9)2;1-3-4-2/h3-8H,1-2H3;3-4H2,1-2H3. The van der Waals surface area contributed by atoms with Gasteiger partial charge in [0.05, 0.1) is 0 Å². The Morgan fingerprint density at radius 1 is 0.812 bits per heavy atom. The highest BCUT2D eigenvalue weighted by atomic mass is 14.0. The summed E-state index contributed by atoms with van der Waals surface area (Å²) in [4.78, 5) is 0. The summed E-state index contributed by atoms with van der Waals surface area (Å²) in [6, 6.07) is 12.9. The molecule has 0 saturated carbocycles. The predicted octanol–water partition coefficient (Wildman–Crippen LogP) is 5.26. The zero-order valence-corrected chi connectivity index (χ0v) is 10.9. The summed E-state index contributed by atoms with van der Waals surface area (Å²) >= 11 is 0. The Bertz CT molecular complexity index is 439. The van der Waals surface area contributed by atoms with E-state index in [1.54, 1.807) is 0 Å². The van der Waals surface area contributed by atoms with Gasteiger partial charge in [-0.05, 0) is 35.7 Å². The van der Waals surface area contributed by atoms with Gasteiger partial charge in [-0.25, -0.2) is 0 Å². The van der Waals surface area contributed by atoms with Crippen LogP contribution in [0.4, 0.5) is 0 Å². The van der Waals surface area contributed by atoms with Gasteiger partial charge in [0.25, 0.3) is 0 Å². The largest absolute Gasteiger partial charge is 0.0654 e. The highest BCUT2D eigenvalue weighted by Gasteiger charge is 1.97. The van der Waals surface area contributed by atoms with Gasteiger partial charge in [0.1, 0.15) is 0 Å². The van der Waals surface area contributed by atoms with Crippen LogP contribution in [0.2, 0.25) is 0 Å². The van der Waals surface area contributed by atoms with E-state index in [-0.39, 0.29) is 0 Å². The number of benzene rings is 2. The lowest BCUT2D eigenvalue weighted by Crippen LogP contribution is -1.82. The van der Waals surface area contributed by atoms with E-state index in [0.29, 0.717) is 0 Å². The Hall–Kier alpha value is -1.30. The molecule has 86 valence electrons. The van der Waals surface area contributed by atoms with Gasteiger partial charge in [-0.1, -0.05) is 63.1 Å². The third-order valence-corrected chi connectivity index (χ3v) is 2.97. The van der Waals surface area contributed by atoms with E-state index in [1.807, 2.05) is 0 Å². The summed E-state index contributed by atoms with van der Waals surface area (Å²) in [6.45, 7) is 8.69. The van der Waals surface area contributed by atoms with Crippen molar-refractivity contribution in [1.82, 2.24) is 0 Å². The molecule has 0 heteroatoms. The highest BCUT2D eigenvalue weighted by molar-refractivity contribution is 5.86. The lowest BCUT2D eigenvalue weighted by Gasteiger charge is -2.04. The molecule has 0 N–H and O–H groups in total. The Balaban J connectivity index is 0.000000280. The van der Waals surface area contributed by atoms with E-state index in [2.05, 4.69) is 64.1 Å². The minimum Gasteiger partial charge on any atom is -0.0654 e. The predicted molar refractivity (Wildman–Crippen MR) is 74.0 cm³/mol.